The van der Waals surface area contributed by atoms with Crippen LogP contribution in [0.2, 0.25) is 0 Å². The average Bonchev–Trinajstić information content (AvgIpc) is 2.95. The van der Waals surface area contributed by atoms with Crippen molar-refractivity contribution < 1.29 is 19.4 Å². The van der Waals surface area contributed by atoms with Crippen molar-refractivity contribution in [3.8, 4) is 11.1 Å². The lowest BCUT2D eigenvalue weighted by molar-refractivity contribution is -0.137. The molecule has 6 nitrogen and oxygen atoms in total. The molecule has 1 aliphatic carbocycles. The Hall–Kier alpha value is -2.96. The molecule has 6 heteroatoms. The van der Waals surface area contributed by atoms with E-state index >= 15 is 0 Å². The lowest BCUT2D eigenvalue weighted by Gasteiger charge is -2.33. The van der Waals surface area contributed by atoms with Crippen molar-refractivity contribution in [3.63, 3.8) is 0 Å². The maximum atomic E-state index is 13.4. The predicted octanol–water partition coefficient (Wildman–Crippen LogP) is 7.25. The van der Waals surface area contributed by atoms with Crippen LogP contribution >= 0.6 is 0 Å². The first-order valence-electron chi connectivity index (χ1n) is 15.3. The summed E-state index contributed by atoms with van der Waals surface area (Å²) in [5, 5.41) is 12.2. The molecule has 0 radical (unpaired) electrons. The van der Waals surface area contributed by atoms with Crippen molar-refractivity contribution in [1.82, 2.24) is 10.2 Å². The Bertz CT molecular complexity index is 1150. The van der Waals surface area contributed by atoms with E-state index in [4.69, 9.17) is 4.74 Å². The molecule has 2 N–H and O–H groups in total. The van der Waals surface area contributed by atoms with Crippen molar-refractivity contribution in [2.24, 2.45) is 11.8 Å². The smallest absolute Gasteiger partial charge is 0.330 e. The number of benzene rings is 2. The van der Waals surface area contributed by atoms with E-state index in [1.165, 1.54) is 38.2 Å². The molecule has 224 valence electrons. The van der Waals surface area contributed by atoms with Gasteiger partial charge in [-0.15, -0.1) is 0 Å². The largest absolute Gasteiger partial charge is 0.479 e. The number of amides is 1. The molecule has 1 amide bonds. The van der Waals surface area contributed by atoms with Gasteiger partial charge in [0.15, 0.2) is 0 Å². The number of carboxylic acid groups (broad SMARTS) is 1. The van der Waals surface area contributed by atoms with Crippen LogP contribution in [-0.2, 0) is 16.1 Å². The summed E-state index contributed by atoms with van der Waals surface area (Å²) < 4.78 is 6.19. The fourth-order valence-electron chi connectivity index (χ4n) is 5.73. The van der Waals surface area contributed by atoms with Crippen LogP contribution in [0, 0.1) is 18.8 Å². The number of likely N-dealkylation sites (N-methyl/N-ethyl adjacent to an activating group) is 1. The number of rotatable bonds is 15. The molecule has 2 aromatic rings. The number of aryl methyl sites for hydroxylation is 1. The third-order valence-electron chi connectivity index (χ3n) is 8.24. The lowest BCUT2D eigenvalue weighted by atomic mass is 9.84. The van der Waals surface area contributed by atoms with Gasteiger partial charge >= 0.3 is 5.97 Å². The highest BCUT2D eigenvalue weighted by molar-refractivity contribution is 6.03. The van der Waals surface area contributed by atoms with Gasteiger partial charge in [0.05, 0.1) is 6.61 Å². The first kappa shape index (κ1) is 32.6. The van der Waals surface area contributed by atoms with Crippen LogP contribution in [-0.4, -0.2) is 54.2 Å². The lowest BCUT2D eigenvalue weighted by Crippen LogP contribution is -2.39. The van der Waals surface area contributed by atoms with Crippen molar-refractivity contribution in [1.29, 1.82) is 0 Å². The van der Waals surface area contributed by atoms with Crippen molar-refractivity contribution in [2.75, 3.05) is 20.3 Å². The Labute approximate surface area is 247 Å². The van der Waals surface area contributed by atoms with Gasteiger partial charge in [0.1, 0.15) is 6.04 Å². The van der Waals surface area contributed by atoms with Crippen LogP contribution in [0.1, 0.15) is 87.2 Å². The van der Waals surface area contributed by atoms with Crippen molar-refractivity contribution in [2.45, 2.75) is 91.3 Å². The number of nitrogens with zero attached hydrogens (tertiary/aromatic N) is 1. The van der Waals surface area contributed by atoms with Gasteiger partial charge in [-0.2, -0.15) is 0 Å². The maximum Gasteiger partial charge on any atom is 0.330 e. The fraction of sp³-hybridized carbons (Fsp3) is 0.543. The molecule has 0 saturated heterocycles. The van der Waals surface area contributed by atoms with E-state index < -0.39 is 17.9 Å². The summed E-state index contributed by atoms with van der Waals surface area (Å²) in [5.41, 5.74) is 4.42. The monoisotopic (exact) mass is 562 g/mol. The Morgan fingerprint density at radius 1 is 1.10 bits per heavy atom. The standard InChI is InChI=1S/C35H50N2O4/c1-6-12-33(35(39)40)36-34(38)31-18-17-28(22-32(31)30-16-11-10-13-26(30)4)23-37(5)29(24-41-20-19-25(2)3)21-27-14-8-7-9-15-27/h6,10-13,16-18,22,25,27,29,33H,7-9,14-15,19-21,23-24H2,1-5H3,(H,36,38)(H,39,40)/b12-6+/t29-,33+/m1/s1. The van der Waals surface area contributed by atoms with Crippen LogP contribution in [0.4, 0.5) is 0 Å². The predicted molar refractivity (Wildman–Crippen MR) is 167 cm³/mol. The van der Waals surface area contributed by atoms with E-state index in [1.54, 1.807) is 13.0 Å². The summed E-state index contributed by atoms with van der Waals surface area (Å²) in [4.78, 5) is 27.5. The number of nitrogens with one attached hydrogen (secondary N) is 1. The summed E-state index contributed by atoms with van der Waals surface area (Å²) in [6.07, 6.45) is 12.0. The number of carbonyl (C=O) groups excluding carboxylic acids is 1. The number of carboxylic acids is 1. The van der Waals surface area contributed by atoms with Crippen LogP contribution in [0.3, 0.4) is 0 Å². The zero-order valence-corrected chi connectivity index (χ0v) is 25.7. The van der Waals surface area contributed by atoms with Crippen molar-refractivity contribution in [3.05, 3.63) is 71.3 Å². The van der Waals surface area contributed by atoms with Gasteiger partial charge in [0.25, 0.3) is 5.91 Å². The number of allylic oxidation sites excluding steroid dienone is 1. The van der Waals surface area contributed by atoms with E-state index in [0.29, 0.717) is 17.5 Å². The molecule has 0 spiro atoms. The maximum absolute atomic E-state index is 13.4. The number of hydrogen-bond acceptors (Lipinski definition) is 4. The number of ether oxygens (including phenoxy) is 1. The zero-order chi connectivity index (χ0) is 29.8. The number of carbonyl (C=O) groups is 2. The van der Waals surface area contributed by atoms with E-state index in [0.717, 1.165) is 60.8 Å². The second-order valence-corrected chi connectivity index (χ2v) is 12.1. The van der Waals surface area contributed by atoms with Crippen LogP contribution in [0.25, 0.3) is 11.1 Å². The molecular weight excluding hydrogens is 512 g/mol. The molecule has 2 aromatic carbocycles. The highest BCUT2D eigenvalue weighted by Gasteiger charge is 2.24. The minimum absolute atomic E-state index is 0.326. The summed E-state index contributed by atoms with van der Waals surface area (Å²) in [7, 11) is 2.18. The molecule has 41 heavy (non-hydrogen) atoms. The molecule has 1 aliphatic rings. The molecule has 1 saturated carbocycles. The molecular formula is C35H50N2O4. The first-order chi connectivity index (χ1) is 19.7. The second kappa shape index (κ2) is 16.5. The topological polar surface area (TPSA) is 78.9 Å². The molecule has 3 rings (SSSR count). The molecule has 0 bridgehead atoms. The Morgan fingerprint density at radius 3 is 2.49 bits per heavy atom. The fourth-order valence-corrected chi connectivity index (χ4v) is 5.73. The van der Waals surface area contributed by atoms with Gasteiger partial charge < -0.3 is 15.2 Å². The van der Waals surface area contributed by atoms with Crippen LogP contribution in [0.15, 0.2) is 54.6 Å². The summed E-state index contributed by atoms with van der Waals surface area (Å²) in [6.45, 7) is 10.5. The average molecular weight is 563 g/mol. The minimum Gasteiger partial charge on any atom is -0.479 e. The third-order valence-corrected chi connectivity index (χ3v) is 8.24. The molecule has 0 aromatic heterocycles. The van der Waals surface area contributed by atoms with Gasteiger partial charge in [-0.3, -0.25) is 9.69 Å². The SMILES string of the molecule is C/C=C/[C@H](NC(=O)c1ccc(CN(C)[C@@H](COCCC(C)C)CC2CCCCC2)cc1-c1ccccc1C)C(=O)O. The van der Waals surface area contributed by atoms with Gasteiger partial charge in [-0.25, -0.2) is 4.79 Å². The Kier molecular flexibility index (Phi) is 13.1. The quantitative estimate of drug-likeness (QED) is 0.177. The van der Waals surface area contributed by atoms with Gasteiger partial charge in [0.2, 0.25) is 0 Å². The van der Waals surface area contributed by atoms with Crippen LogP contribution in [0.5, 0.6) is 0 Å². The summed E-state index contributed by atoms with van der Waals surface area (Å²) >= 11 is 0. The molecule has 0 heterocycles. The first-order valence-corrected chi connectivity index (χ1v) is 15.3. The number of aliphatic carboxylic acids is 1. The summed E-state index contributed by atoms with van der Waals surface area (Å²) in [5.74, 6) is -0.115. The van der Waals surface area contributed by atoms with E-state index in [-0.39, 0.29) is 0 Å². The van der Waals surface area contributed by atoms with Gasteiger partial charge in [-0.1, -0.05) is 88.4 Å². The molecule has 0 aliphatic heterocycles. The molecule has 0 unspecified atom stereocenters. The molecule has 2 atom stereocenters. The second-order valence-electron chi connectivity index (χ2n) is 12.1. The Morgan fingerprint density at radius 2 is 1.83 bits per heavy atom. The number of hydrogen-bond donors (Lipinski definition) is 2. The highest BCUT2D eigenvalue weighted by Crippen LogP contribution is 2.31. The van der Waals surface area contributed by atoms with Gasteiger partial charge in [-0.05, 0) is 80.0 Å². The normalized spacial score (nSPS) is 15.9. The zero-order valence-electron chi connectivity index (χ0n) is 25.7. The van der Waals surface area contributed by atoms with Gasteiger partial charge in [0, 0.05) is 24.8 Å². The van der Waals surface area contributed by atoms with E-state index in [2.05, 4.69) is 37.2 Å². The summed E-state index contributed by atoms with van der Waals surface area (Å²) in [6, 6.07) is 13.2. The van der Waals surface area contributed by atoms with E-state index in [1.807, 2.05) is 43.3 Å². The van der Waals surface area contributed by atoms with Crippen molar-refractivity contribution >= 4 is 11.9 Å². The van der Waals surface area contributed by atoms with E-state index in [9.17, 15) is 14.7 Å². The third kappa shape index (κ3) is 10.1. The molecule has 1 fully saturated rings. The highest BCUT2D eigenvalue weighted by atomic mass is 16.5. The minimum atomic E-state index is -1.09. The van der Waals surface area contributed by atoms with Crippen LogP contribution < -0.4 is 5.32 Å². The Balaban J connectivity index is 1.86.